The summed E-state index contributed by atoms with van der Waals surface area (Å²) in [6.07, 6.45) is -0.215. The number of anilines is 1. The maximum Gasteiger partial charge on any atom is 0.272 e. The zero-order valence-electron chi connectivity index (χ0n) is 26.5. The number of likely N-dealkylation sites (tertiary alicyclic amines) is 1. The molecule has 2 amide bonds. The first kappa shape index (κ1) is 33.3. The Morgan fingerprint density at radius 2 is 1.91 bits per heavy atom. The molecule has 1 aromatic carbocycles. The number of nitriles is 1. The van der Waals surface area contributed by atoms with Gasteiger partial charge >= 0.3 is 0 Å². The standard InChI is InChI=1S/C33H42F2N6O2S/c1-20(33(5,6)7)37-17-21-8-9-25-24(14-21)38-31(39-29(42)27-11-10-26(44-27)28(34)35)41(25)19-22-12-13-40(18-22)30(43)23(16-36)15-32(2,3)4/h8-11,14-15,20,22,28,37H,12-13,17-19H2,1-7H3,(H,38,39,42)/t20-,22?/m0/s1. The lowest BCUT2D eigenvalue weighted by molar-refractivity contribution is -0.125. The van der Waals surface area contributed by atoms with Crippen LogP contribution >= 0.6 is 11.3 Å². The average molecular weight is 625 g/mol. The van der Waals surface area contributed by atoms with E-state index in [9.17, 15) is 23.6 Å². The van der Waals surface area contributed by atoms with Gasteiger partial charge < -0.3 is 14.8 Å². The molecule has 1 aliphatic rings. The van der Waals surface area contributed by atoms with Crippen molar-refractivity contribution >= 4 is 40.1 Å². The molecule has 8 nitrogen and oxygen atoms in total. The van der Waals surface area contributed by atoms with Crippen molar-refractivity contribution in [3.05, 3.63) is 57.3 Å². The Balaban J connectivity index is 1.60. The topological polar surface area (TPSA) is 103 Å². The number of fused-ring (bicyclic) bond motifs is 1. The maximum absolute atomic E-state index is 13.2. The summed E-state index contributed by atoms with van der Waals surface area (Å²) >= 11 is 0.756. The second kappa shape index (κ2) is 13.2. The number of rotatable bonds is 9. The summed E-state index contributed by atoms with van der Waals surface area (Å²) in [7, 11) is 0. The molecule has 11 heteroatoms. The van der Waals surface area contributed by atoms with Crippen LogP contribution in [0.4, 0.5) is 14.7 Å². The van der Waals surface area contributed by atoms with E-state index in [1.807, 2.05) is 43.5 Å². The number of thiophene rings is 1. The summed E-state index contributed by atoms with van der Waals surface area (Å²) in [5.41, 5.74) is 2.50. The number of hydrogen-bond donors (Lipinski definition) is 2. The van der Waals surface area contributed by atoms with E-state index in [1.54, 1.807) is 11.0 Å². The smallest absolute Gasteiger partial charge is 0.272 e. The van der Waals surface area contributed by atoms with E-state index in [-0.39, 0.29) is 44.0 Å². The van der Waals surface area contributed by atoms with Crippen molar-refractivity contribution in [2.45, 2.75) is 80.4 Å². The lowest BCUT2D eigenvalue weighted by Gasteiger charge is -2.28. The molecule has 236 valence electrons. The highest BCUT2D eigenvalue weighted by molar-refractivity contribution is 7.14. The van der Waals surface area contributed by atoms with Crippen molar-refractivity contribution in [2.75, 3.05) is 18.4 Å². The number of hydrogen-bond acceptors (Lipinski definition) is 6. The van der Waals surface area contributed by atoms with Crippen molar-refractivity contribution in [1.82, 2.24) is 19.8 Å². The van der Waals surface area contributed by atoms with Crippen LogP contribution < -0.4 is 10.6 Å². The number of allylic oxidation sites excluding steroid dienone is 1. The summed E-state index contributed by atoms with van der Waals surface area (Å²) in [6, 6.07) is 11.0. The first-order chi connectivity index (χ1) is 20.6. The lowest BCUT2D eigenvalue weighted by atomic mass is 9.88. The summed E-state index contributed by atoms with van der Waals surface area (Å²) in [4.78, 5) is 32.7. The Kier molecular flexibility index (Phi) is 9.96. The minimum Gasteiger partial charge on any atom is -0.338 e. The van der Waals surface area contributed by atoms with Gasteiger partial charge in [0.25, 0.3) is 18.2 Å². The summed E-state index contributed by atoms with van der Waals surface area (Å²) in [5.74, 6) is -0.403. The third-order valence-electron chi connectivity index (χ3n) is 7.96. The zero-order chi connectivity index (χ0) is 32.4. The van der Waals surface area contributed by atoms with Crippen LogP contribution in [-0.4, -0.2) is 45.4 Å². The monoisotopic (exact) mass is 624 g/mol. The molecule has 1 unspecified atom stereocenters. The van der Waals surface area contributed by atoms with Crippen molar-refractivity contribution in [3.63, 3.8) is 0 Å². The molecule has 0 radical (unpaired) electrons. The summed E-state index contributed by atoms with van der Waals surface area (Å²) in [6.45, 7) is 16.7. The molecule has 0 saturated carbocycles. The van der Waals surface area contributed by atoms with E-state index in [4.69, 9.17) is 4.98 Å². The van der Waals surface area contributed by atoms with Crippen LogP contribution in [0.25, 0.3) is 11.0 Å². The minimum atomic E-state index is -2.65. The van der Waals surface area contributed by atoms with E-state index in [0.717, 1.165) is 28.8 Å². The molecule has 2 N–H and O–H groups in total. The van der Waals surface area contributed by atoms with Crippen LogP contribution in [0.3, 0.4) is 0 Å². The number of nitrogens with one attached hydrogen (secondary N) is 2. The molecule has 2 aromatic heterocycles. The van der Waals surface area contributed by atoms with Crippen molar-refractivity contribution in [1.29, 1.82) is 5.26 Å². The summed E-state index contributed by atoms with van der Waals surface area (Å²) in [5, 5.41) is 16.0. The average Bonchev–Trinajstić information content (AvgIpc) is 3.68. The van der Waals surface area contributed by atoms with Gasteiger partial charge in [-0.25, -0.2) is 13.8 Å². The van der Waals surface area contributed by atoms with Crippen molar-refractivity contribution in [3.8, 4) is 6.07 Å². The molecule has 2 atom stereocenters. The van der Waals surface area contributed by atoms with E-state index in [1.165, 1.54) is 12.1 Å². The van der Waals surface area contributed by atoms with E-state index in [0.29, 0.717) is 37.6 Å². The van der Waals surface area contributed by atoms with Gasteiger partial charge in [-0.1, -0.05) is 53.7 Å². The van der Waals surface area contributed by atoms with Crippen LogP contribution in [0.1, 0.15) is 81.4 Å². The predicted molar refractivity (Wildman–Crippen MR) is 171 cm³/mol. The lowest BCUT2D eigenvalue weighted by Crippen LogP contribution is -2.37. The summed E-state index contributed by atoms with van der Waals surface area (Å²) < 4.78 is 28.3. The van der Waals surface area contributed by atoms with Gasteiger partial charge in [0.2, 0.25) is 5.95 Å². The van der Waals surface area contributed by atoms with Crippen molar-refractivity contribution < 1.29 is 18.4 Å². The fraction of sp³-hybridized carbons (Fsp3) is 0.515. The first-order valence-electron chi connectivity index (χ1n) is 14.9. The van der Waals surface area contributed by atoms with Crippen LogP contribution in [0.2, 0.25) is 0 Å². The Morgan fingerprint density at radius 1 is 1.18 bits per heavy atom. The fourth-order valence-electron chi connectivity index (χ4n) is 5.07. The van der Waals surface area contributed by atoms with Crippen LogP contribution in [0.5, 0.6) is 0 Å². The van der Waals surface area contributed by atoms with Gasteiger partial charge in [0.05, 0.1) is 20.8 Å². The zero-order valence-corrected chi connectivity index (χ0v) is 27.3. The fourth-order valence-corrected chi connectivity index (χ4v) is 5.83. The molecule has 44 heavy (non-hydrogen) atoms. The van der Waals surface area contributed by atoms with Gasteiger partial charge in [-0.05, 0) is 59.9 Å². The normalized spacial score (nSPS) is 16.9. The van der Waals surface area contributed by atoms with Crippen molar-refractivity contribution in [2.24, 2.45) is 16.7 Å². The van der Waals surface area contributed by atoms with E-state index >= 15 is 0 Å². The van der Waals surface area contributed by atoms with Gasteiger partial charge in [0.1, 0.15) is 11.6 Å². The second-order valence-electron chi connectivity index (χ2n) is 13.7. The molecule has 4 rings (SSSR count). The maximum atomic E-state index is 13.2. The number of halogens is 2. The number of amides is 2. The molecule has 3 heterocycles. The largest absolute Gasteiger partial charge is 0.338 e. The van der Waals surface area contributed by atoms with Crippen LogP contribution in [0, 0.1) is 28.1 Å². The molecular formula is C33H42F2N6O2S. The molecule has 0 aliphatic carbocycles. The number of nitrogens with zero attached hydrogens (tertiary/aromatic N) is 4. The van der Waals surface area contributed by atoms with Crippen LogP contribution in [0.15, 0.2) is 42.0 Å². The van der Waals surface area contributed by atoms with Crippen LogP contribution in [-0.2, 0) is 17.9 Å². The van der Waals surface area contributed by atoms with E-state index in [2.05, 4.69) is 44.4 Å². The first-order valence-corrected chi connectivity index (χ1v) is 15.7. The number of benzene rings is 1. The highest BCUT2D eigenvalue weighted by atomic mass is 32.1. The minimum absolute atomic E-state index is 0.0581. The molecule has 0 spiro atoms. The van der Waals surface area contributed by atoms with Gasteiger partial charge in [-0.3, -0.25) is 14.9 Å². The highest BCUT2D eigenvalue weighted by Crippen LogP contribution is 2.30. The molecule has 3 aromatic rings. The van der Waals surface area contributed by atoms with E-state index < -0.39 is 12.3 Å². The quantitative estimate of drug-likeness (QED) is 0.194. The Morgan fingerprint density at radius 3 is 2.52 bits per heavy atom. The SMILES string of the molecule is C[C@H](NCc1ccc2c(c1)nc(NC(=O)c1ccc(C(F)F)s1)n2CC1CCN(C(=O)C(C#N)=CC(C)(C)C)C1)C(C)(C)C. The van der Waals surface area contributed by atoms with Gasteiger partial charge in [0.15, 0.2) is 0 Å². The third kappa shape index (κ3) is 8.10. The van der Waals surface area contributed by atoms with Gasteiger partial charge in [0, 0.05) is 32.2 Å². The Bertz CT molecular complexity index is 1590. The highest BCUT2D eigenvalue weighted by Gasteiger charge is 2.30. The Hall–Kier alpha value is -3.62. The predicted octanol–water partition coefficient (Wildman–Crippen LogP) is 7.16. The number of carbonyl (C=O) groups excluding carboxylic acids is 2. The number of carbonyl (C=O) groups is 2. The molecule has 0 bridgehead atoms. The number of imidazole rings is 1. The molecule has 1 fully saturated rings. The van der Waals surface area contributed by atoms with Gasteiger partial charge in [-0.15, -0.1) is 11.3 Å². The molecule has 1 saturated heterocycles. The molecular weight excluding hydrogens is 582 g/mol. The Labute approximate surface area is 262 Å². The molecule has 1 aliphatic heterocycles. The number of alkyl halides is 2. The second-order valence-corrected chi connectivity index (χ2v) is 14.9. The third-order valence-corrected chi connectivity index (χ3v) is 9.05. The van der Waals surface area contributed by atoms with Gasteiger partial charge in [-0.2, -0.15) is 5.26 Å². The number of aromatic nitrogens is 2.